The van der Waals surface area contributed by atoms with Crippen LogP contribution in [0.4, 0.5) is 0 Å². The Morgan fingerprint density at radius 3 is 2.64 bits per heavy atom. The lowest BCUT2D eigenvalue weighted by Crippen LogP contribution is -2.40. The van der Waals surface area contributed by atoms with Gasteiger partial charge in [-0.15, -0.1) is 0 Å². The number of H-pyrrole nitrogens is 1. The van der Waals surface area contributed by atoms with Crippen LogP contribution in [0.1, 0.15) is 18.4 Å². The Morgan fingerprint density at radius 2 is 1.96 bits per heavy atom. The number of carbonyl (C=O) groups is 1. The summed E-state index contributed by atoms with van der Waals surface area (Å²) in [5.41, 5.74) is 2.15. The highest BCUT2D eigenvalue weighted by Crippen LogP contribution is 2.28. The van der Waals surface area contributed by atoms with Crippen molar-refractivity contribution in [3.05, 3.63) is 34.6 Å². The lowest BCUT2D eigenvalue weighted by atomic mass is 10.1. The maximum absolute atomic E-state index is 13.1. The van der Waals surface area contributed by atoms with Crippen LogP contribution in [0.3, 0.4) is 0 Å². The van der Waals surface area contributed by atoms with E-state index in [1.807, 2.05) is 45.5 Å². The van der Waals surface area contributed by atoms with E-state index in [4.69, 9.17) is 12.2 Å². The molecule has 2 aliphatic heterocycles. The maximum Gasteiger partial charge on any atom is 0.242 e. The summed E-state index contributed by atoms with van der Waals surface area (Å²) < 4.78 is 2.31. The van der Waals surface area contributed by atoms with E-state index in [1.165, 1.54) is 18.4 Å². The third kappa shape index (κ3) is 3.90. The van der Waals surface area contributed by atoms with E-state index in [-0.39, 0.29) is 12.5 Å². The molecule has 1 N–H and O–H groups in total. The van der Waals surface area contributed by atoms with Crippen molar-refractivity contribution in [2.24, 2.45) is 0 Å². The quantitative estimate of drug-likeness (QED) is 0.758. The molecule has 3 heterocycles. The molecule has 1 amide bonds. The van der Waals surface area contributed by atoms with Gasteiger partial charge in [-0.25, -0.2) is 0 Å². The molecule has 0 unspecified atom stereocenters. The Labute approximate surface area is 175 Å². The van der Waals surface area contributed by atoms with Crippen LogP contribution in [0, 0.1) is 11.7 Å². The smallest absolute Gasteiger partial charge is 0.242 e. The molecular formula is C20H27N5OS2. The minimum absolute atomic E-state index is 0.117. The van der Waals surface area contributed by atoms with Gasteiger partial charge in [0.2, 0.25) is 5.91 Å². The molecule has 2 fully saturated rings. The monoisotopic (exact) mass is 417 g/mol. The molecule has 0 radical (unpaired) electrons. The number of aromatic amines is 1. The first-order chi connectivity index (χ1) is 13.6. The number of aromatic nitrogens is 3. The predicted molar refractivity (Wildman–Crippen MR) is 116 cm³/mol. The molecule has 150 valence electrons. The molecule has 2 atom stereocenters. The van der Waals surface area contributed by atoms with Crippen molar-refractivity contribution < 1.29 is 4.79 Å². The van der Waals surface area contributed by atoms with E-state index in [0.29, 0.717) is 16.1 Å². The first-order valence-electron chi connectivity index (χ1n) is 9.83. The summed E-state index contributed by atoms with van der Waals surface area (Å²) in [7, 11) is 0. The Bertz CT molecular complexity index is 885. The van der Waals surface area contributed by atoms with Gasteiger partial charge in [-0.3, -0.25) is 19.4 Å². The van der Waals surface area contributed by atoms with Crippen LogP contribution in [0.2, 0.25) is 0 Å². The van der Waals surface area contributed by atoms with Crippen LogP contribution in [-0.2, 0) is 11.3 Å². The zero-order chi connectivity index (χ0) is 19.7. The van der Waals surface area contributed by atoms with Gasteiger partial charge >= 0.3 is 0 Å². The zero-order valence-electron chi connectivity index (χ0n) is 16.4. The third-order valence-corrected chi connectivity index (χ3v) is 7.24. The van der Waals surface area contributed by atoms with Crippen molar-refractivity contribution in [3.63, 3.8) is 0 Å². The molecule has 1 aromatic carbocycles. The van der Waals surface area contributed by atoms with E-state index in [1.54, 1.807) is 0 Å². The summed E-state index contributed by atoms with van der Waals surface area (Å²) in [4.78, 5) is 17.7. The standard InChI is InChI=1S/C20H27N5OS2/c1-14-5-7-15(8-6-14)19-21-22-20(27)25(19)13-18(26)24-11-16(17(12-24)28-2)23-9-3-4-10-23/h5-8,16-17H,3-4,9-13H2,1-2H3,(H,22,27)/t16-,17+/m0/s1. The van der Waals surface area contributed by atoms with Crippen LogP contribution in [-0.4, -0.2) is 74.2 Å². The molecule has 0 aliphatic carbocycles. The SMILES string of the molecule is CS[C@@H]1CN(C(=O)Cn2c(-c3ccc(C)cc3)n[nH]c2=S)C[C@@H]1N1CCCC1. The fraction of sp³-hybridized carbons (Fsp3) is 0.550. The number of thioether (sulfide) groups is 1. The Balaban J connectivity index is 1.50. The second-order valence-electron chi connectivity index (χ2n) is 7.69. The number of likely N-dealkylation sites (tertiary alicyclic amines) is 2. The first-order valence-corrected chi connectivity index (χ1v) is 11.5. The average molecular weight is 418 g/mol. The largest absolute Gasteiger partial charge is 0.338 e. The van der Waals surface area contributed by atoms with E-state index in [9.17, 15) is 4.79 Å². The summed E-state index contributed by atoms with van der Waals surface area (Å²) in [6, 6.07) is 8.59. The molecule has 2 saturated heterocycles. The van der Waals surface area contributed by atoms with Crippen LogP contribution in [0.5, 0.6) is 0 Å². The minimum Gasteiger partial charge on any atom is -0.338 e. The molecule has 1 aromatic heterocycles. The lowest BCUT2D eigenvalue weighted by molar-refractivity contribution is -0.130. The summed E-state index contributed by atoms with van der Waals surface area (Å²) >= 11 is 7.29. The van der Waals surface area contributed by atoms with Crippen LogP contribution in [0.15, 0.2) is 24.3 Å². The van der Waals surface area contributed by atoms with Gasteiger partial charge in [0, 0.05) is 29.9 Å². The number of aryl methyl sites for hydroxylation is 1. The van der Waals surface area contributed by atoms with Gasteiger partial charge < -0.3 is 4.90 Å². The molecular weight excluding hydrogens is 390 g/mol. The predicted octanol–water partition coefficient (Wildman–Crippen LogP) is 2.95. The highest BCUT2D eigenvalue weighted by molar-refractivity contribution is 7.99. The number of nitrogens with one attached hydrogen (secondary N) is 1. The molecule has 8 heteroatoms. The third-order valence-electron chi connectivity index (χ3n) is 5.86. The number of carbonyl (C=O) groups excluding carboxylic acids is 1. The second kappa shape index (κ2) is 8.39. The Hall–Kier alpha value is -1.64. The topological polar surface area (TPSA) is 57.2 Å². The lowest BCUT2D eigenvalue weighted by Gasteiger charge is -2.27. The van der Waals surface area contributed by atoms with Gasteiger partial charge in [0.25, 0.3) is 0 Å². The van der Waals surface area contributed by atoms with Crippen LogP contribution >= 0.6 is 24.0 Å². The van der Waals surface area contributed by atoms with E-state index in [2.05, 4.69) is 28.3 Å². The summed E-state index contributed by atoms with van der Waals surface area (Å²) in [6.45, 7) is 6.23. The van der Waals surface area contributed by atoms with Crippen LogP contribution in [0.25, 0.3) is 11.4 Å². The number of benzene rings is 1. The summed E-state index contributed by atoms with van der Waals surface area (Å²) in [6.07, 6.45) is 4.70. The van der Waals surface area contributed by atoms with Gasteiger partial charge in [0.1, 0.15) is 6.54 Å². The molecule has 0 spiro atoms. The van der Waals surface area contributed by atoms with Gasteiger partial charge in [0.15, 0.2) is 10.6 Å². The minimum atomic E-state index is 0.117. The second-order valence-corrected chi connectivity index (χ2v) is 9.15. The number of hydrogen-bond acceptors (Lipinski definition) is 5. The van der Waals surface area contributed by atoms with E-state index >= 15 is 0 Å². The summed E-state index contributed by atoms with van der Waals surface area (Å²) in [5, 5.41) is 7.70. The number of nitrogens with zero attached hydrogens (tertiary/aromatic N) is 4. The van der Waals surface area contributed by atoms with Crippen molar-refractivity contribution in [3.8, 4) is 11.4 Å². The number of rotatable bonds is 5. The summed E-state index contributed by atoms with van der Waals surface area (Å²) in [5.74, 6) is 0.835. The van der Waals surface area contributed by atoms with E-state index in [0.717, 1.165) is 37.6 Å². The van der Waals surface area contributed by atoms with Crippen molar-refractivity contribution >= 4 is 29.9 Å². The van der Waals surface area contributed by atoms with E-state index < -0.39 is 0 Å². The Kier molecular flexibility index (Phi) is 5.89. The average Bonchev–Trinajstić information content (AvgIpc) is 3.43. The Morgan fingerprint density at radius 1 is 1.25 bits per heavy atom. The fourth-order valence-corrected chi connectivity index (χ4v) is 5.34. The molecule has 0 bridgehead atoms. The van der Waals surface area contributed by atoms with Crippen molar-refractivity contribution in [1.82, 2.24) is 24.6 Å². The molecule has 4 rings (SSSR count). The molecule has 2 aromatic rings. The van der Waals surface area contributed by atoms with Crippen LogP contribution < -0.4 is 0 Å². The van der Waals surface area contributed by atoms with Crippen molar-refractivity contribution in [2.75, 3.05) is 32.4 Å². The zero-order valence-corrected chi connectivity index (χ0v) is 18.1. The first kappa shape index (κ1) is 19.7. The van der Waals surface area contributed by atoms with Crippen molar-refractivity contribution in [2.45, 2.75) is 37.6 Å². The highest BCUT2D eigenvalue weighted by Gasteiger charge is 2.39. The van der Waals surface area contributed by atoms with Crippen molar-refractivity contribution in [1.29, 1.82) is 0 Å². The fourth-order valence-electron chi connectivity index (χ4n) is 4.24. The molecule has 0 saturated carbocycles. The number of hydrogen-bond donors (Lipinski definition) is 1. The van der Waals surface area contributed by atoms with Gasteiger partial charge in [-0.05, 0) is 51.3 Å². The highest BCUT2D eigenvalue weighted by atomic mass is 32.2. The maximum atomic E-state index is 13.1. The number of amides is 1. The van der Waals surface area contributed by atoms with Gasteiger partial charge in [-0.1, -0.05) is 29.8 Å². The molecule has 28 heavy (non-hydrogen) atoms. The molecule has 2 aliphatic rings. The molecule has 6 nitrogen and oxygen atoms in total. The van der Waals surface area contributed by atoms with Gasteiger partial charge in [0.05, 0.1) is 0 Å². The van der Waals surface area contributed by atoms with Gasteiger partial charge in [-0.2, -0.15) is 16.9 Å². The normalized spacial score (nSPS) is 22.9.